The number of carbonyl (C=O) groups excluding carboxylic acids is 1. The van der Waals surface area contributed by atoms with Crippen molar-refractivity contribution in [2.75, 3.05) is 30.3 Å². The van der Waals surface area contributed by atoms with Gasteiger partial charge in [0.15, 0.2) is 5.69 Å². The zero-order chi connectivity index (χ0) is 26.5. The van der Waals surface area contributed by atoms with E-state index in [1.165, 1.54) is 25.9 Å². The predicted octanol–water partition coefficient (Wildman–Crippen LogP) is 2.29. The Morgan fingerprint density at radius 3 is 2.31 bits per heavy atom. The first-order chi connectivity index (χ1) is 17.1. The number of aromatic nitrogens is 2. The number of piperidine rings is 1. The van der Waals surface area contributed by atoms with Gasteiger partial charge in [-0.05, 0) is 49.9 Å². The smallest absolute Gasteiger partial charge is 0.330 e. The van der Waals surface area contributed by atoms with Crippen molar-refractivity contribution in [1.82, 2.24) is 13.9 Å². The number of halogens is 1. The van der Waals surface area contributed by atoms with Gasteiger partial charge in [-0.25, -0.2) is 17.6 Å². The number of nitrogens with two attached hydrogens (primary N) is 1. The second kappa shape index (κ2) is 11.8. The fourth-order valence-electron chi connectivity index (χ4n) is 4.34. The van der Waals surface area contributed by atoms with Crippen LogP contribution in [0.5, 0.6) is 0 Å². The highest BCUT2D eigenvalue weighted by Gasteiger charge is 2.35. The summed E-state index contributed by atoms with van der Waals surface area (Å²) in [5, 5.41) is 0. The molecule has 198 valence electrons. The van der Waals surface area contributed by atoms with E-state index in [4.69, 9.17) is 5.73 Å². The number of anilines is 2. The van der Waals surface area contributed by atoms with Crippen LogP contribution in [0.3, 0.4) is 0 Å². The Bertz CT molecular complexity index is 1280. The van der Waals surface area contributed by atoms with Gasteiger partial charge in [0.05, 0.1) is 4.90 Å². The Morgan fingerprint density at radius 1 is 1.11 bits per heavy atom. The summed E-state index contributed by atoms with van der Waals surface area (Å²) >= 11 is 0. The number of hydrogen-bond donors (Lipinski definition) is 2. The number of nitrogens with one attached hydrogen (secondary N) is 1. The summed E-state index contributed by atoms with van der Waals surface area (Å²) < 4.78 is 41.7. The number of sulfonamides is 1. The number of hydrogen-bond acceptors (Lipinski definition) is 6. The van der Waals surface area contributed by atoms with E-state index < -0.39 is 33.0 Å². The minimum atomic E-state index is -3.82. The topological polar surface area (TPSA) is 139 Å². The number of aromatic amines is 1. The Morgan fingerprint density at radius 2 is 1.72 bits per heavy atom. The molecule has 12 heteroatoms. The first kappa shape index (κ1) is 27.6. The molecule has 1 saturated heterocycles. The maximum absolute atomic E-state index is 13.6. The van der Waals surface area contributed by atoms with E-state index in [9.17, 15) is 27.2 Å². The largest absolute Gasteiger partial charge is 0.383 e. The Balaban J connectivity index is 1.84. The maximum atomic E-state index is 13.6. The van der Waals surface area contributed by atoms with Crippen LogP contribution in [-0.4, -0.2) is 47.8 Å². The van der Waals surface area contributed by atoms with Crippen LogP contribution in [-0.2, 0) is 21.4 Å². The van der Waals surface area contributed by atoms with Crippen LogP contribution in [0.15, 0.2) is 38.8 Å². The van der Waals surface area contributed by atoms with E-state index >= 15 is 0 Å². The number of rotatable bonds is 10. The molecule has 0 unspecified atom stereocenters. The Hall–Kier alpha value is -2.99. The Kier molecular flexibility index (Phi) is 9.07. The van der Waals surface area contributed by atoms with Crippen LogP contribution in [0.1, 0.15) is 52.4 Å². The third-order valence-electron chi connectivity index (χ3n) is 6.48. The normalized spacial score (nSPS) is 15.2. The molecule has 1 aromatic heterocycles. The van der Waals surface area contributed by atoms with Crippen LogP contribution in [0.4, 0.5) is 15.9 Å². The van der Waals surface area contributed by atoms with Crippen molar-refractivity contribution < 1.29 is 17.6 Å². The predicted molar refractivity (Wildman–Crippen MR) is 136 cm³/mol. The average Bonchev–Trinajstić information content (AvgIpc) is 2.85. The molecule has 2 heterocycles. The molecule has 0 spiro atoms. The van der Waals surface area contributed by atoms with Crippen LogP contribution >= 0.6 is 0 Å². The summed E-state index contributed by atoms with van der Waals surface area (Å²) in [4.78, 5) is 42.4. The molecule has 1 aliphatic heterocycles. The maximum Gasteiger partial charge on any atom is 0.330 e. The third-order valence-corrected chi connectivity index (χ3v) is 8.39. The van der Waals surface area contributed by atoms with E-state index in [1.54, 1.807) is 0 Å². The van der Waals surface area contributed by atoms with E-state index in [0.29, 0.717) is 19.4 Å². The quantitative estimate of drug-likeness (QED) is 0.490. The monoisotopic (exact) mass is 523 g/mol. The van der Waals surface area contributed by atoms with Gasteiger partial charge in [-0.3, -0.25) is 19.1 Å². The number of benzene rings is 1. The van der Waals surface area contributed by atoms with Crippen molar-refractivity contribution >= 4 is 27.4 Å². The molecule has 0 bridgehead atoms. The highest BCUT2D eigenvalue weighted by molar-refractivity contribution is 7.89. The minimum Gasteiger partial charge on any atom is -0.383 e. The molecule has 0 aliphatic carbocycles. The van der Waals surface area contributed by atoms with E-state index in [-0.39, 0.29) is 54.8 Å². The van der Waals surface area contributed by atoms with Gasteiger partial charge in [0.2, 0.25) is 15.9 Å². The lowest BCUT2D eigenvalue weighted by atomic mass is 9.96. The van der Waals surface area contributed by atoms with Crippen LogP contribution < -0.4 is 21.9 Å². The highest BCUT2D eigenvalue weighted by Crippen LogP contribution is 2.28. The van der Waals surface area contributed by atoms with Crippen molar-refractivity contribution in [1.29, 1.82) is 0 Å². The van der Waals surface area contributed by atoms with Gasteiger partial charge in [-0.1, -0.05) is 26.7 Å². The van der Waals surface area contributed by atoms with E-state index in [2.05, 4.69) is 4.98 Å². The Labute approximate surface area is 210 Å². The molecule has 3 rings (SSSR count). The lowest BCUT2D eigenvalue weighted by molar-refractivity contribution is -0.123. The highest BCUT2D eigenvalue weighted by atomic mass is 32.2. The van der Waals surface area contributed by atoms with E-state index in [1.807, 2.05) is 13.8 Å². The number of unbranched alkanes of at least 4 members (excludes halogenated alkanes) is 2. The minimum absolute atomic E-state index is 0.00751. The molecule has 10 nitrogen and oxygen atoms in total. The fourth-order valence-corrected chi connectivity index (χ4v) is 5.81. The summed E-state index contributed by atoms with van der Waals surface area (Å²) in [5.74, 6) is -1.41. The third kappa shape index (κ3) is 5.86. The van der Waals surface area contributed by atoms with Crippen LogP contribution in [0.2, 0.25) is 0 Å². The zero-order valence-corrected chi connectivity index (χ0v) is 21.5. The van der Waals surface area contributed by atoms with Gasteiger partial charge in [0.25, 0.3) is 5.56 Å². The van der Waals surface area contributed by atoms with Crippen molar-refractivity contribution in [2.45, 2.75) is 63.8 Å². The first-order valence-corrected chi connectivity index (χ1v) is 13.8. The number of nitrogens with zero attached hydrogens (tertiary/aromatic N) is 3. The lowest BCUT2D eigenvalue weighted by Crippen LogP contribution is -2.47. The molecular formula is C24H34FN5O5S. The summed E-state index contributed by atoms with van der Waals surface area (Å²) in [7, 11) is -3.82. The molecule has 0 atom stereocenters. The van der Waals surface area contributed by atoms with Gasteiger partial charge in [0, 0.05) is 32.1 Å². The molecule has 1 fully saturated rings. The number of carbonyl (C=O) groups is 1. The first-order valence-electron chi connectivity index (χ1n) is 12.3. The molecule has 3 N–H and O–H groups in total. The van der Waals surface area contributed by atoms with Crippen molar-refractivity contribution in [3.63, 3.8) is 0 Å². The molecule has 36 heavy (non-hydrogen) atoms. The molecule has 1 amide bonds. The van der Waals surface area contributed by atoms with Crippen molar-refractivity contribution in [2.24, 2.45) is 5.92 Å². The molecule has 1 aromatic carbocycles. The second-order valence-corrected chi connectivity index (χ2v) is 10.9. The van der Waals surface area contributed by atoms with Gasteiger partial charge in [-0.2, -0.15) is 4.31 Å². The standard InChI is InChI=1S/C24H34FN5O5S/c1-3-5-13-29(20-21(26)30(14-6-4-2)24(33)27-22(20)31)23(32)17-11-15-28(16-12-17)36(34,35)19-9-7-18(25)8-10-19/h7-10,17H,3-6,11-16,26H2,1-2H3,(H,27,31,33). The summed E-state index contributed by atoms with van der Waals surface area (Å²) in [6.07, 6.45) is 3.41. The molecule has 2 aromatic rings. The average molecular weight is 524 g/mol. The SMILES string of the molecule is CCCCN(C(=O)C1CCN(S(=O)(=O)c2ccc(F)cc2)CC1)c1c(N)n(CCCC)c(=O)[nH]c1=O. The number of nitrogen functional groups attached to an aromatic ring is 1. The van der Waals surface area contributed by atoms with Gasteiger partial charge in [-0.15, -0.1) is 0 Å². The molecule has 1 aliphatic rings. The van der Waals surface area contributed by atoms with Crippen molar-refractivity contribution in [3.8, 4) is 0 Å². The number of amides is 1. The number of H-pyrrole nitrogens is 1. The van der Waals surface area contributed by atoms with Crippen LogP contribution in [0, 0.1) is 11.7 Å². The zero-order valence-electron chi connectivity index (χ0n) is 20.7. The van der Waals surface area contributed by atoms with Gasteiger partial charge < -0.3 is 10.6 Å². The van der Waals surface area contributed by atoms with Crippen molar-refractivity contribution in [3.05, 3.63) is 50.9 Å². The lowest BCUT2D eigenvalue weighted by Gasteiger charge is -2.34. The van der Waals surface area contributed by atoms with Gasteiger partial charge in [0.1, 0.15) is 11.6 Å². The summed E-state index contributed by atoms with van der Waals surface area (Å²) in [5.41, 5.74) is 4.89. The van der Waals surface area contributed by atoms with Crippen LogP contribution in [0.25, 0.3) is 0 Å². The molecule has 0 radical (unpaired) electrons. The summed E-state index contributed by atoms with van der Waals surface area (Å²) in [6.45, 7) is 4.72. The van der Waals surface area contributed by atoms with Gasteiger partial charge >= 0.3 is 5.69 Å². The van der Waals surface area contributed by atoms with E-state index in [0.717, 1.165) is 25.0 Å². The fraction of sp³-hybridized carbons (Fsp3) is 0.542. The molecular weight excluding hydrogens is 489 g/mol. The molecule has 0 saturated carbocycles. The second-order valence-electron chi connectivity index (χ2n) is 8.97. The summed E-state index contributed by atoms with van der Waals surface area (Å²) in [6, 6.07) is 4.63.